The zero-order valence-corrected chi connectivity index (χ0v) is 17.0. The number of fused-ring (bicyclic) bond motifs is 3. The lowest BCUT2D eigenvalue weighted by Gasteiger charge is -2.32. The summed E-state index contributed by atoms with van der Waals surface area (Å²) in [5, 5.41) is 2.02. The molecule has 0 radical (unpaired) electrons. The maximum Gasteiger partial charge on any atom is 0.213 e. The molecule has 28 heavy (non-hydrogen) atoms. The maximum atomic E-state index is 6.34. The Kier molecular flexibility index (Phi) is 4.43. The zero-order chi connectivity index (χ0) is 19.3. The summed E-state index contributed by atoms with van der Waals surface area (Å²) < 4.78 is 14.9. The molecule has 0 amide bonds. The van der Waals surface area contributed by atoms with E-state index in [1.807, 2.05) is 24.5 Å². The smallest absolute Gasteiger partial charge is 0.213 e. The Bertz CT molecular complexity index is 1040. The Morgan fingerprint density at radius 3 is 2.82 bits per heavy atom. The molecule has 1 saturated heterocycles. The van der Waals surface area contributed by atoms with Crippen LogP contribution in [0.2, 0.25) is 5.02 Å². The van der Waals surface area contributed by atoms with Crippen LogP contribution in [0.25, 0.3) is 10.9 Å². The molecule has 1 fully saturated rings. The van der Waals surface area contributed by atoms with E-state index in [9.17, 15) is 0 Å². The van der Waals surface area contributed by atoms with Crippen molar-refractivity contribution in [2.45, 2.75) is 32.2 Å². The van der Waals surface area contributed by atoms with Crippen molar-refractivity contribution in [1.29, 1.82) is 0 Å². The molecule has 6 heteroatoms. The number of ether oxygens (including phenoxy) is 2. The average molecular weight is 398 g/mol. The van der Waals surface area contributed by atoms with Gasteiger partial charge in [-0.15, -0.1) is 0 Å². The van der Waals surface area contributed by atoms with Gasteiger partial charge in [0, 0.05) is 52.7 Å². The van der Waals surface area contributed by atoms with Gasteiger partial charge in [-0.05, 0) is 55.8 Å². The monoisotopic (exact) mass is 397 g/mol. The van der Waals surface area contributed by atoms with Gasteiger partial charge in [-0.2, -0.15) is 0 Å². The molecule has 3 aromatic rings. The molecule has 0 atom stereocenters. The van der Waals surface area contributed by atoms with Crippen LogP contribution in [-0.4, -0.2) is 41.3 Å². The fraction of sp³-hybridized carbons (Fsp3) is 0.409. The third-order valence-electron chi connectivity index (χ3n) is 5.96. The summed E-state index contributed by atoms with van der Waals surface area (Å²) in [4.78, 5) is 6.61. The molecule has 2 aromatic heterocycles. The molecule has 0 bridgehead atoms. The summed E-state index contributed by atoms with van der Waals surface area (Å²) >= 11 is 6.34. The molecular formula is C22H24ClN3O2. The fourth-order valence-corrected chi connectivity index (χ4v) is 4.79. The summed E-state index contributed by atoms with van der Waals surface area (Å²) in [5.74, 6) is -0.789. The number of benzene rings is 1. The van der Waals surface area contributed by atoms with Crippen LogP contribution in [0, 0.1) is 6.92 Å². The lowest BCUT2D eigenvalue weighted by Crippen LogP contribution is -2.35. The van der Waals surface area contributed by atoms with E-state index >= 15 is 0 Å². The van der Waals surface area contributed by atoms with Gasteiger partial charge in [-0.3, -0.25) is 4.98 Å². The highest BCUT2D eigenvalue weighted by Gasteiger charge is 2.41. The molecule has 0 unspecified atom stereocenters. The first-order valence-corrected chi connectivity index (χ1v) is 10.1. The lowest BCUT2D eigenvalue weighted by molar-refractivity contribution is -0.176. The quantitative estimate of drug-likeness (QED) is 0.672. The van der Waals surface area contributed by atoms with Crippen LogP contribution in [0.1, 0.15) is 22.4 Å². The number of pyridine rings is 1. The molecule has 5 rings (SSSR count). The summed E-state index contributed by atoms with van der Waals surface area (Å²) in [6.07, 6.45) is 4.71. The van der Waals surface area contributed by atoms with Gasteiger partial charge in [0.05, 0.1) is 19.8 Å². The van der Waals surface area contributed by atoms with E-state index in [2.05, 4.69) is 40.6 Å². The Hall–Kier alpha value is -1.92. The molecule has 5 nitrogen and oxygen atoms in total. The van der Waals surface area contributed by atoms with Crippen molar-refractivity contribution < 1.29 is 9.47 Å². The molecule has 146 valence electrons. The van der Waals surface area contributed by atoms with Gasteiger partial charge >= 0.3 is 0 Å². The molecule has 0 aliphatic carbocycles. The second kappa shape index (κ2) is 6.85. The molecule has 1 aromatic carbocycles. The minimum absolute atomic E-state index is 0.592. The Labute approximate surface area is 169 Å². The van der Waals surface area contributed by atoms with E-state index in [-0.39, 0.29) is 0 Å². The lowest BCUT2D eigenvalue weighted by atomic mass is 10.0. The number of likely N-dealkylation sites (N-methyl/N-ethyl adjacent to an activating group) is 1. The highest BCUT2D eigenvalue weighted by Crippen LogP contribution is 2.39. The molecule has 2 aliphatic rings. The number of hydrogen-bond donors (Lipinski definition) is 0. The van der Waals surface area contributed by atoms with Crippen LogP contribution >= 0.6 is 11.6 Å². The van der Waals surface area contributed by atoms with Crippen LogP contribution in [-0.2, 0) is 34.8 Å². The topological polar surface area (TPSA) is 39.5 Å². The fourth-order valence-electron chi connectivity index (χ4n) is 4.62. The van der Waals surface area contributed by atoms with E-state index in [1.165, 1.54) is 22.2 Å². The number of halogens is 1. The summed E-state index contributed by atoms with van der Waals surface area (Å²) in [7, 11) is 2.17. The van der Waals surface area contributed by atoms with Crippen LogP contribution in [0.4, 0.5) is 0 Å². The van der Waals surface area contributed by atoms with Crippen molar-refractivity contribution in [2.75, 3.05) is 26.8 Å². The standard InChI is InChI=1S/C22H24ClN3O2/c1-15-12-24-7-5-19(15)22(27-9-10-28-22)14-26-20-4-3-16(23)11-18(20)17-6-8-25(2)13-21(17)26/h3-5,7,11-12H,6,8-10,13-14H2,1-2H3. The van der Waals surface area contributed by atoms with Gasteiger partial charge in [0.25, 0.3) is 0 Å². The van der Waals surface area contributed by atoms with Gasteiger partial charge in [0.1, 0.15) is 0 Å². The molecule has 0 N–H and O–H groups in total. The van der Waals surface area contributed by atoms with Gasteiger partial charge < -0.3 is 18.9 Å². The third kappa shape index (κ3) is 2.85. The van der Waals surface area contributed by atoms with Crippen molar-refractivity contribution in [3.05, 3.63) is 64.1 Å². The van der Waals surface area contributed by atoms with Crippen LogP contribution in [0.5, 0.6) is 0 Å². The molecular weight excluding hydrogens is 374 g/mol. The van der Waals surface area contributed by atoms with E-state index in [1.54, 1.807) is 0 Å². The second-order valence-corrected chi connectivity index (χ2v) is 8.24. The van der Waals surface area contributed by atoms with Crippen molar-refractivity contribution >= 4 is 22.5 Å². The number of nitrogens with zero attached hydrogens (tertiary/aromatic N) is 3. The first-order chi connectivity index (χ1) is 13.6. The maximum absolute atomic E-state index is 6.34. The molecule has 2 aliphatic heterocycles. The minimum atomic E-state index is -0.789. The van der Waals surface area contributed by atoms with E-state index in [0.29, 0.717) is 19.8 Å². The first kappa shape index (κ1) is 18.1. The second-order valence-electron chi connectivity index (χ2n) is 7.80. The zero-order valence-electron chi connectivity index (χ0n) is 16.2. The highest BCUT2D eigenvalue weighted by atomic mass is 35.5. The number of rotatable bonds is 3. The number of aryl methyl sites for hydroxylation is 1. The van der Waals surface area contributed by atoms with Crippen LogP contribution < -0.4 is 0 Å². The summed E-state index contributed by atoms with van der Waals surface area (Å²) in [6.45, 7) is 5.82. The van der Waals surface area contributed by atoms with Gasteiger partial charge in [0.2, 0.25) is 5.79 Å². The van der Waals surface area contributed by atoms with Crippen molar-refractivity contribution in [2.24, 2.45) is 0 Å². The number of hydrogen-bond acceptors (Lipinski definition) is 4. The first-order valence-electron chi connectivity index (χ1n) is 9.74. The largest absolute Gasteiger partial charge is 0.342 e. The Morgan fingerprint density at radius 1 is 1.21 bits per heavy atom. The van der Waals surface area contributed by atoms with Gasteiger partial charge in [-0.1, -0.05) is 11.6 Å². The van der Waals surface area contributed by atoms with Gasteiger partial charge in [-0.25, -0.2) is 0 Å². The van der Waals surface area contributed by atoms with E-state index in [4.69, 9.17) is 21.1 Å². The van der Waals surface area contributed by atoms with Crippen molar-refractivity contribution in [1.82, 2.24) is 14.5 Å². The van der Waals surface area contributed by atoms with E-state index in [0.717, 1.165) is 35.7 Å². The SMILES string of the molecule is Cc1cnccc1C1(Cn2c3c(c4cc(Cl)ccc42)CCN(C)C3)OCCO1. The molecule has 0 saturated carbocycles. The highest BCUT2D eigenvalue weighted by molar-refractivity contribution is 6.31. The number of aromatic nitrogens is 2. The minimum Gasteiger partial charge on any atom is -0.342 e. The molecule has 0 spiro atoms. The predicted octanol–water partition coefficient (Wildman–Crippen LogP) is 3.89. The Morgan fingerprint density at radius 2 is 2.04 bits per heavy atom. The average Bonchev–Trinajstić information content (AvgIpc) is 3.26. The van der Waals surface area contributed by atoms with Crippen LogP contribution in [0.15, 0.2) is 36.7 Å². The predicted molar refractivity (Wildman–Crippen MR) is 110 cm³/mol. The van der Waals surface area contributed by atoms with Gasteiger partial charge in [0.15, 0.2) is 0 Å². The molecule has 4 heterocycles. The summed E-state index contributed by atoms with van der Waals surface area (Å²) in [6, 6.07) is 8.20. The third-order valence-corrected chi connectivity index (χ3v) is 6.20. The summed E-state index contributed by atoms with van der Waals surface area (Å²) in [5.41, 5.74) is 6.05. The Balaban J connectivity index is 1.69. The van der Waals surface area contributed by atoms with Crippen molar-refractivity contribution in [3.63, 3.8) is 0 Å². The van der Waals surface area contributed by atoms with Crippen LogP contribution in [0.3, 0.4) is 0 Å². The van der Waals surface area contributed by atoms with E-state index < -0.39 is 5.79 Å². The normalized spacial score (nSPS) is 19.2. The van der Waals surface area contributed by atoms with Crippen molar-refractivity contribution in [3.8, 4) is 0 Å².